The van der Waals surface area contributed by atoms with Gasteiger partial charge in [0.25, 0.3) is 0 Å². The fourth-order valence-corrected chi connectivity index (χ4v) is 2.61. The van der Waals surface area contributed by atoms with Crippen molar-refractivity contribution in [3.8, 4) is 0 Å². The molecule has 0 saturated heterocycles. The second-order valence-corrected chi connectivity index (χ2v) is 7.06. The van der Waals surface area contributed by atoms with Crippen LogP contribution in [0.2, 0.25) is 5.02 Å². The Kier molecular flexibility index (Phi) is 5.31. The summed E-state index contributed by atoms with van der Waals surface area (Å²) in [5.74, 6) is 0. The molecule has 0 fully saturated rings. The van der Waals surface area contributed by atoms with Gasteiger partial charge in [0, 0.05) is 18.3 Å². The molecule has 6 heteroatoms. The first-order chi connectivity index (χ1) is 10.8. The van der Waals surface area contributed by atoms with Crippen LogP contribution in [0.5, 0.6) is 0 Å². The summed E-state index contributed by atoms with van der Waals surface area (Å²) < 4.78 is 1.73. The zero-order valence-corrected chi connectivity index (χ0v) is 14.7. The van der Waals surface area contributed by atoms with Gasteiger partial charge in [-0.3, -0.25) is 4.68 Å². The number of carbonyl (C=O) groups is 1. The Morgan fingerprint density at radius 1 is 1.35 bits per heavy atom. The molecular formula is C17H23ClN4O. The van der Waals surface area contributed by atoms with Crippen LogP contribution in [-0.2, 0) is 13.6 Å². The third-order valence-corrected chi connectivity index (χ3v) is 3.91. The molecule has 2 amide bonds. The van der Waals surface area contributed by atoms with Crippen LogP contribution in [-0.4, -0.2) is 15.8 Å². The summed E-state index contributed by atoms with van der Waals surface area (Å²) in [6.07, 6.45) is 1.71. The molecule has 1 heterocycles. The Bertz CT molecular complexity index is 675. The van der Waals surface area contributed by atoms with Crippen LogP contribution in [0.25, 0.3) is 0 Å². The fourth-order valence-electron chi connectivity index (χ4n) is 2.41. The Morgan fingerprint density at radius 3 is 2.65 bits per heavy atom. The molecule has 5 nitrogen and oxygen atoms in total. The van der Waals surface area contributed by atoms with Crippen molar-refractivity contribution in [3.63, 3.8) is 0 Å². The summed E-state index contributed by atoms with van der Waals surface area (Å²) in [6.45, 7) is 6.68. The van der Waals surface area contributed by atoms with Crippen LogP contribution >= 0.6 is 11.6 Å². The van der Waals surface area contributed by atoms with E-state index in [4.69, 9.17) is 11.6 Å². The SMILES string of the molecule is Cn1nccc1CNC(=O)N[C@H](c1cccc(Cl)c1)C(C)(C)C. The highest BCUT2D eigenvalue weighted by molar-refractivity contribution is 6.30. The summed E-state index contributed by atoms with van der Waals surface area (Å²) in [4.78, 5) is 12.3. The standard InChI is InChI=1S/C17H23ClN4O/c1-17(2,3)15(12-6-5-7-13(18)10-12)21-16(23)19-11-14-8-9-20-22(14)4/h5-10,15H,11H2,1-4H3,(H2,19,21,23)/t15-/m1/s1. The number of nitrogens with one attached hydrogen (secondary N) is 2. The first-order valence-electron chi connectivity index (χ1n) is 7.54. The van der Waals surface area contributed by atoms with Crippen molar-refractivity contribution in [1.82, 2.24) is 20.4 Å². The van der Waals surface area contributed by atoms with Gasteiger partial charge in [0.05, 0.1) is 18.3 Å². The quantitative estimate of drug-likeness (QED) is 0.896. The molecule has 0 aliphatic carbocycles. The lowest BCUT2D eigenvalue weighted by Crippen LogP contribution is -2.42. The average molecular weight is 335 g/mol. The molecule has 0 unspecified atom stereocenters. The number of aryl methyl sites for hydroxylation is 1. The number of rotatable bonds is 4. The van der Waals surface area contributed by atoms with E-state index < -0.39 is 0 Å². The van der Waals surface area contributed by atoms with E-state index in [1.165, 1.54) is 0 Å². The lowest BCUT2D eigenvalue weighted by Gasteiger charge is -2.32. The zero-order valence-electron chi connectivity index (χ0n) is 13.9. The summed E-state index contributed by atoms with van der Waals surface area (Å²) in [5, 5.41) is 10.7. The zero-order chi connectivity index (χ0) is 17.0. The Morgan fingerprint density at radius 2 is 2.09 bits per heavy atom. The predicted octanol–water partition coefficient (Wildman–Crippen LogP) is 3.66. The van der Waals surface area contributed by atoms with E-state index in [-0.39, 0.29) is 17.5 Å². The molecule has 2 rings (SSSR count). The highest BCUT2D eigenvalue weighted by atomic mass is 35.5. The third-order valence-electron chi connectivity index (χ3n) is 3.68. The minimum atomic E-state index is -0.217. The number of halogens is 1. The average Bonchev–Trinajstić information content (AvgIpc) is 2.86. The fraction of sp³-hybridized carbons (Fsp3) is 0.412. The van der Waals surface area contributed by atoms with Crippen molar-refractivity contribution in [3.05, 3.63) is 52.8 Å². The molecule has 0 radical (unpaired) electrons. The molecule has 1 atom stereocenters. The second-order valence-electron chi connectivity index (χ2n) is 6.63. The number of hydrogen-bond acceptors (Lipinski definition) is 2. The highest BCUT2D eigenvalue weighted by Gasteiger charge is 2.28. The van der Waals surface area contributed by atoms with Crippen molar-refractivity contribution in [2.75, 3.05) is 0 Å². The maximum absolute atomic E-state index is 12.3. The molecule has 2 N–H and O–H groups in total. The van der Waals surface area contributed by atoms with Crippen LogP contribution in [0.15, 0.2) is 36.5 Å². The molecule has 1 aromatic carbocycles. The number of carbonyl (C=O) groups excluding carboxylic acids is 1. The van der Waals surface area contributed by atoms with Crippen molar-refractivity contribution in [1.29, 1.82) is 0 Å². The van der Waals surface area contributed by atoms with E-state index in [1.807, 2.05) is 37.4 Å². The van der Waals surface area contributed by atoms with E-state index in [2.05, 4.69) is 36.5 Å². The number of aromatic nitrogens is 2. The molecule has 124 valence electrons. The molecule has 0 bridgehead atoms. The maximum atomic E-state index is 12.3. The minimum absolute atomic E-state index is 0.144. The molecule has 0 saturated carbocycles. The van der Waals surface area contributed by atoms with E-state index in [1.54, 1.807) is 10.9 Å². The van der Waals surface area contributed by atoms with Gasteiger partial charge >= 0.3 is 6.03 Å². The summed E-state index contributed by atoms with van der Waals surface area (Å²) in [7, 11) is 1.85. The van der Waals surface area contributed by atoms with E-state index in [0.717, 1.165) is 11.3 Å². The van der Waals surface area contributed by atoms with Crippen LogP contribution in [0.1, 0.15) is 38.1 Å². The Labute approximate surface area is 142 Å². The van der Waals surface area contributed by atoms with E-state index >= 15 is 0 Å². The topological polar surface area (TPSA) is 59.0 Å². The summed E-state index contributed by atoms with van der Waals surface area (Å²) in [6, 6.07) is 9.10. The van der Waals surface area contributed by atoms with Crippen LogP contribution in [0.3, 0.4) is 0 Å². The van der Waals surface area contributed by atoms with Gasteiger partial charge < -0.3 is 10.6 Å². The molecular weight excluding hydrogens is 312 g/mol. The highest BCUT2D eigenvalue weighted by Crippen LogP contribution is 2.33. The largest absolute Gasteiger partial charge is 0.333 e. The van der Waals surface area contributed by atoms with Gasteiger partial charge in [-0.1, -0.05) is 44.5 Å². The molecule has 0 aliphatic rings. The predicted molar refractivity (Wildman–Crippen MR) is 92.2 cm³/mol. The lowest BCUT2D eigenvalue weighted by atomic mass is 9.82. The monoisotopic (exact) mass is 334 g/mol. The number of hydrogen-bond donors (Lipinski definition) is 2. The molecule has 1 aromatic heterocycles. The van der Waals surface area contributed by atoms with Crippen LogP contribution < -0.4 is 10.6 Å². The van der Waals surface area contributed by atoms with Gasteiger partial charge in [-0.2, -0.15) is 5.10 Å². The second kappa shape index (κ2) is 7.04. The van der Waals surface area contributed by atoms with Crippen molar-refractivity contribution in [2.24, 2.45) is 12.5 Å². The smallest absolute Gasteiger partial charge is 0.315 e. The van der Waals surface area contributed by atoms with E-state index in [9.17, 15) is 4.79 Å². The Hall–Kier alpha value is -2.01. The molecule has 0 spiro atoms. The van der Waals surface area contributed by atoms with Crippen LogP contribution in [0.4, 0.5) is 4.79 Å². The van der Waals surface area contributed by atoms with Gasteiger partial charge in [0.2, 0.25) is 0 Å². The van der Waals surface area contributed by atoms with Crippen LogP contribution in [0, 0.1) is 5.41 Å². The first-order valence-corrected chi connectivity index (χ1v) is 7.92. The summed E-state index contributed by atoms with van der Waals surface area (Å²) in [5.41, 5.74) is 1.78. The molecule has 0 aliphatic heterocycles. The van der Waals surface area contributed by atoms with Crippen molar-refractivity contribution < 1.29 is 4.79 Å². The number of urea groups is 1. The number of amides is 2. The van der Waals surface area contributed by atoms with Gasteiger partial charge in [-0.15, -0.1) is 0 Å². The number of nitrogens with zero attached hydrogens (tertiary/aromatic N) is 2. The first kappa shape index (κ1) is 17.3. The lowest BCUT2D eigenvalue weighted by molar-refractivity contribution is 0.218. The maximum Gasteiger partial charge on any atom is 0.315 e. The van der Waals surface area contributed by atoms with E-state index in [0.29, 0.717) is 11.6 Å². The third kappa shape index (κ3) is 4.73. The van der Waals surface area contributed by atoms with Gasteiger partial charge in [0.1, 0.15) is 0 Å². The molecule has 23 heavy (non-hydrogen) atoms. The van der Waals surface area contributed by atoms with Gasteiger partial charge in [-0.25, -0.2) is 4.79 Å². The van der Waals surface area contributed by atoms with Gasteiger partial charge in [-0.05, 0) is 29.2 Å². The number of benzene rings is 1. The Balaban J connectivity index is 2.06. The van der Waals surface area contributed by atoms with Crippen molar-refractivity contribution in [2.45, 2.75) is 33.4 Å². The van der Waals surface area contributed by atoms with Crippen molar-refractivity contribution >= 4 is 17.6 Å². The normalized spacial score (nSPS) is 12.7. The summed E-state index contributed by atoms with van der Waals surface area (Å²) >= 11 is 6.08. The molecule has 2 aromatic rings. The minimum Gasteiger partial charge on any atom is -0.333 e. The van der Waals surface area contributed by atoms with Gasteiger partial charge in [0.15, 0.2) is 0 Å².